The highest BCUT2D eigenvalue weighted by atomic mass is 16.5. The molecule has 0 rings (SSSR count). The average Bonchev–Trinajstić information content (AvgIpc) is 2.05. The first kappa shape index (κ1) is 18.6. The maximum absolute atomic E-state index is 9.60. The summed E-state index contributed by atoms with van der Waals surface area (Å²) in [6.45, 7) is 4.11. The Kier molecular flexibility index (Phi) is 22.0. The summed E-state index contributed by atoms with van der Waals surface area (Å²) in [6, 6.07) is 0. The Labute approximate surface area is 87.4 Å². The molecule has 0 aromatic carbocycles. The molecule has 5 N–H and O–H groups in total. The summed E-state index contributed by atoms with van der Waals surface area (Å²) in [6.07, 6.45) is -0.671. The van der Waals surface area contributed by atoms with Crippen LogP contribution in [0.15, 0.2) is 0 Å². The molecular formula is C7H15N3O5. The Morgan fingerprint density at radius 3 is 1.40 bits per heavy atom. The maximum atomic E-state index is 9.60. The van der Waals surface area contributed by atoms with Crippen LogP contribution in [0.25, 0.3) is 0 Å². The molecule has 8 heteroatoms. The molecule has 8 nitrogen and oxygen atoms in total. The van der Waals surface area contributed by atoms with E-state index in [1.807, 2.05) is 0 Å². The smallest absolute Gasteiger partial charge is 0.404 e. The van der Waals surface area contributed by atoms with Crippen molar-refractivity contribution >= 4 is 12.2 Å². The molecule has 0 aliphatic heterocycles. The topological polar surface area (TPSA) is 149 Å². The van der Waals surface area contributed by atoms with E-state index in [2.05, 4.69) is 20.9 Å². The fraction of sp³-hybridized carbons (Fsp3) is 0.571. The fourth-order valence-electron chi connectivity index (χ4n) is 0.285. The predicted octanol–water partition coefficient (Wildman–Crippen LogP) is 0.0432. The van der Waals surface area contributed by atoms with E-state index >= 15 is 0 Å². The lowest BCUT2D eigenvalue weighted by atomic mass is 10.9. The zero-order chi connectivity index (χ0) is 12.7. The van der Waals surface area contributed by atoms with Crippen molar-refractivity contribution in [2.24, 2.45) is 11.5 Å². The second-order valence-corrected chi connectivity index (χ2v) is 1.60. The van der Waals surface area contributed by atoms with E-state index in [4.69, 9.17) is 10.4 Å². The molecule has 0 saturated heterocycles. The summed E-state index contributed by atoms with van der Waals surface area (Å²) >= 11 is 0. The molecule has 0 spiro atoms. The zero-order valence-corrected chi connectivity index (χ0v) is 8.60. The highest BCUT2D eigenvalue weighted by molar-refractivity contribution is 5.64. The molecule has 0 aliphatic rings. The number of amides is 2. The van der Waals surface area contributed by atoms with Gasteiger partial charge in [-0.05, 0) is 13.8 Å². The molecule has 0 aliphatic carbocycles. The average molecular weight is 221 g/mol. The van der Waals surface area contributed by atoms with Crippen molar-refractivity contribution in [1.82, 2.24) is 0 Å². The SMILES string of the molecule is CCOC(N)=O.CCOC(N)=O.N#CO. The number of aliphatic hydroxyl groups excluding tert-OH is 1. The monoisotopic (exact) mass is 221 g/mol. The van der Waals surface area contributed by atoms with Crippen LogP contribution in [-0.4, -0.2) is 30.5 Å². The van der Waals surface area contributed by atoms with E-state index in [-0.39, 0.29) is 0 Å². The Morgan fingerprint density at radius 1 is 1.20 bits per heavy atom. The number of aliphatic hydroxyl groups is 1. The molecule has 0 atom stereocenters. The quantitative estimate of drug-likeness (QED) is 0.560. The van der Waals surface area contributed by atoms with Crippen LogP contribution in [0, 0.1) is 11.5 Å². The molecule has 15 heavy (non-hydrogen) atoms. The van der Waals surface area contributed by atoms with Gasteiger partial charge in [-0.25, -0.2) is 9.59 Å². The minimum Gasteiger partial charge on any atom is -0.450 e. The number of hydrogen-bond donors (Lipinski definition) is 3. The van der Waals surface area contributed by atoms with Crippen LogP contribution in [0.4, 0.5) is 9.59 Å². The summed E-state index contributed by atoms with van der Waals surface area (Å²) < 4.78 is 8.36. The lowest BCUT2D eigenvalue weighted by Crippen LogP contribution is -2.11. The molecule has 0 saturated carbocycles. The van der Waals surface area contributed by atoms with Crippen LogP contribution in [0.2, 0.25) is 0 Å². The van der Waals surface area contributed by atoms with E-state index < -0.39 is 12.2 Å². The molecule has 0 bridgehead atoms. The van der Waals surface area contributed by atoms with Gasteiger partial charge in [0.1, 0.15) is 0 Å². The number of nitrogens with two attached hydrogens (primary N) is 2. The van der Waals surface area contributed by atoms with Crippen molar-refractivity contribution < 1.29 is 24.2 Å². The first-order valence-corrected chi connectivity index (χ1v) is 3.83. The Bertz CT molecular complexity index is 185. The van der Waals surface area contributed by atoms with Crippen LogP contribution >= 0.6 is 0 Å². The van der Waals surface area contributed by atoms with E-state index in [1.54, 1.807) is 13.8 Å². The van der Waals surface area contributed by atoms with Crippen LogP contribution < -0.4 is 11.5 Å². The molecule has 0 heterocycles. The minimum absolute atomic E-state index is 0.356. The Hall–Kier alpha value is -2.17. The van der Waals surface area contributed by atoms with Crippen molar-refractivity contribution in [3.8, 4) is 6.26 Å². The second kappa shape index (κ2) is 17.8. The van der Waals surface area contributed by atoms with Crippen LogP contribution in [0.3, 0.4) is 0 Å². The number of hydrogen-bond acceptors (Lipinski definition) is 6. The van der Waals surface area contributed by atoms with Gasteiger partial charge >= 0.3 is 12.2 Å². The van der Waals surface area contributed by atoms with E-state index in [9.17, 15) is 9.59 Å². The number of ether oxygens (including phenoxy) is 2. The van der Waals surface area contributed by atoms with E-state index in [0.29, 0.717) is 13.2 Å². The van der Waals surface area contributed by atoms with E-state index in [0.717, 1.165) is 6.26 Å². The molecule has 2 amide bonds. The fourth-order valence-corrected chi connectivity index (χ4v) is 0.285. The highest BCUT2D eigenvalue weighted by Crippen LogP contribution is 1.66. The van der Waals surface area contributed by atoms with Crippen molar-refractivity contribution in [3.63, 3.8) is 0 Å². The van der Waals surface area contributed by atoms with Gasteiger partial charge in [0.05, 0.1) is 13.2 Å². The van der Waals surface area contributed by atoms with E-state index in [1.165, 1.54) is 0 Å². The number of nitrogens with zero attached hydrogens (tertiary/aromatic N) is 1. The van der Waals surface area contributed by atoms with Crippen molar-refractivity contribution in [3.05, 3.63) is 0 Å². The zero-order valence-electron chi connectivity index (χ0n) is 8.60. The highest BCUT2D eigenvalue weighted by Gasteiger charge is 1.82. The number of primary amides is 2. The van der Waals surface area contributed by atoms with Gasteiger partial charge in [0, 0.05) is 0 Å². The molecule has 0 aromatic heterocycles. The standard InChI is InChI=1S/2C3H7NO2.CHNO/c2*1-2-6-3(4)5;2-1-3/h2*2H2,1H3,(H2,4,5);3H. The lowest BCUT2D eigenvalue weighted by molar-refractivity contribution is 0.162. The van der Waals surface area contributed by atoms with Gasteiger partial charge in [0.15, 0.2) is 0 Å². The summed E-state index contributed by atoms with van der Waals surface area (Å²) in [5.41, 5.74) is 9.08. The Balaban J connectivity index is -0.000000153. The van der Waals surface area contributed by atoms with Crippen molar-refractivity contribution in [1.29, 1.82) is 5.26 Å². The minimum atomic E-state index is -0.711. The molecule has 0 radical (unpaired) electrons. The molecule has 0 aromatic rings. The van der Waals surface area contributed by atoms with Gasteiger partial charge in [-0.15, -0.1) is 0 Å². The first-order chi connectivity index (χ1) is 6.95. The number of carbonyl (C=O) groups excluding carboxylic acids is 2. The number of rotatable bonds is 2. The second-order valence-electron chi connectivity index (χ2n) is 1.60. The lowest BCUT2D eigenvalue weighted by Gasteiger charge is -1.89. The van der Waals surface area contributed by atoms with Gasteiger partial charge in [-0.3, -0.25) is 0 Å². The van der Waals surface area contributed by atoms with Crippen molar-refractivity contribution in [2.45, 2.75) is 13.8 Å². The van der Waals surface area contributed by atoms with Gasteiger partial charge in [0.25, 0.3) is 6.26 Å². The van der Waals surface area contributed by atoms with Gasteiger partial charge in [-0.1, -0.05) is 0 Å². The summed E-state index contributed by atoms with van der Waals surface area (Å²) in [5.74, 6) is 0. The predicted molar refractivity (Wildman–Crippen MR) is 50.0 cm³/mol. The third kappa shape index (κ3) is 77.9. The molecule has 0 fully saturated rings. The number of carbonyl (C=O) groups is 2. The van der Waals surface area contributed by atoms with Gasteiger partial charge in [-0.2, -0.15) is 5.26 Å². The van der Waals surface area contributed by atoms with Gasteiger partial charge < -0.3 is 26.0 Å². The van der Waals surface area contributed by atoms with Crippen LogP contribution in [-0.2, 0) is 9.47 Å². The van der Waals surface area contributed by atoms with Crippen LogP contribution in [0.1, 0.15) is 13.8 Å². The molecule has 0 unspecified atom stereocenters. The summed E-state index contributed by atoms with van der Waals surface area (Å²) in [5, 5.41) is 13.8. The molecule has 88 valence electrons. The largest absolute Gasteiger partial charge is 0.450 e. The summed E-state index contributed by atoms with van der Waals surface area (Å²) in [7, 11) is 0. The van der Waals surface area contributed by atoms with Gasteiger partial charge in [0.2, 0.25) is 0 Å². The molecular weight excluding hydrogens is 206 g/mol. The third-order valence-electron chi connectivity index (χ3n) is 0.573. The number of nitriles is 1. The Morgan fingerprint density at radius 2 is 1.40 bits per heavy atom. The van der Waals surface area contributed by atoms with Crippen LogP contribution in [0.5, 0.6) is 0 Å². The van der Waals surface area contributed by atoms with Crippen molar-refractivity contribution in [2.75, 3.05) is 13.2 Å². The maximum Gasteiger partial charge on any atom is 0.404 e. The normalized spacial score (nSPS) is 6.47. The summed E-state index contributed by atoms with van der Waals surface area (Å²) in [4.78, 5) is 19.2. The third-order valence-corrected chi connectivity index (χ3v) is 0.573. The first-order valence-electron chi connectivity index (χ1n) is 3.83.